The van der Waals surface area contributed by atoms with Crippen molar-refractivity contribution in [2.24, 2.45) is 17.3 Å². The minimum absolute atomic E-state index is 0.0503. The molecule has 1 spiro atoms. The highest BCUT2D eigenvalue weighted by Gasteiger charge is 2.52. The fraction of sp³-hybridized carbons (Fsp3) is 0.586. The minimum atomic E-state index is -0.735. The molecule has 1 aromatic rings. The van der Waals surface area contributed by atoms with Crippen LogP contribution in [0.25, 0.3) is 0 Å². The number of nitriles is 1. The lowest BCUT2D eigenvalue weighted by Gasteiger charge is -2.25. The van der Waals surface area contributed by atoms with Gasteiger partial charge in [-0.05, 0) is 62.1 Å². The molecule has 1 aliphatic heterocycles. The van der Waals surface area contributed by atoms with Crippen LogP contribution in [-0.4, -0.2) is 41.6 Å². The zero-order valence-electron chi connectivity index (χ0n) is 22.7. The van der Waals surface area contributed by atoms with Gasteiger partial charge in [0.15, 0.2) is 6.19 Å². The zero-order chi connectivity index (χ0) is 28.0. The van der Waals surface area contributed by atoms with Crippen LogP contribution in [-0.2, 0) is 20.7 Å². The molecular formula is C29H38ClN5O4. The Kier molecular flexibility index (Phi) is 9.06. The number of nitrogens with one attached hydrogen (secondary N) is 3. The number of amides is 3. The van der Waals surface area contributed by atoms with Crippen molar-refractivity contribution in [3.63, 3.8) is 0 Å². The molecule has 10 heteroatoms. The van der Waals surface area contributed by atoms with Crippen molar-refractivity contribution in [3.8, 4) is 6.19 Å². The highest BCUT2D eigenvalue weighted by Crippen LogP contribution is 2.45. The molecule has 3 aliphatic rings. The van der Waals surface area contributed by atoms with Crippen molar-refractivity contribution in [1.29, 1.82) is 5.26 Å². The Hall–Kier alpha value is -3.25. The first-order valence-electron chi connectivity index (χ1n) is 13.8. The molecule has 0 aromatic heterocycles. The molecule has 2 aliphatic carbocycles. The number of hydrogen-bond donors (Lipinski definition) is 3. The van der Waals surface area contributed by atoms with Crippen LogP contribution in [0.3, 0.4) is 0 Å². The van der Waals surface area contributed by atoms with Gasteiger partial charge in [-0.25, -0.2) is 9.80 Å². The standard InChI is InChI=1S/C29H38ClN5O4/c1-28(2,15-21-9-6-10-23(30)13-21)18-39-27(38)32-24(14-20-7-4-3-5-8-20)26(37)34-35(19-31)17-22-16-29(11-12-29)33-25(22)36/h6,9-10,13-14,20,22H,3-5,7-8,11-12,15-18H2,1-2H3,(H,32,38)(H,33,36)(H,34,37)/b24-14+. The Morgan fingerprint density at radius 1 is 1.28 bits per heavy atom. The van der Waals surface area contributed by atoms with E-state index in [4.69, 9.17) is 16.3 Å². The molecule has 1 unspecified atom stereocenters. The minimum Gasteiger partial charge on any atom is -0.449 e. The molecule has 9 nitrogen and oxygen atoms in total. The van der Waals surface area contributed by atoms with Crippen molar-refractivity contribution in [2.75, 3.05) is 13.2 Å². The maximum atomic E-state index is 13.2. The quantitative estimate of drug-likeness (QED) is 0.168. The van der Waals surface area contributed by atoms with Crippen LogP contribution in [0.5, 0.6) is 0 Å². The maximum Gasteiger partial charge on any atom is 0.411 e. The van der Waals surface area contributed by atoms with E-state index in [9.17, 15) is 19.6 Å². The Bertz CT molecular complexity index is 1150. The molecule has 210 valence electrons. The van der Waals surface area contributed by atoms with Gasteiger partial charge in [0.25, 0.3) is 5.91 Å². The molecule has 3 fully saturated rings. The average Bonchev–Trinajstić information content (AvgIpc) is 3.57. The predicted molar refractivity (Wildman–Crippen MR) is 147 cm³/mol. The van der Waals surface area contributed by atoms with Gasteiger partial charge in [-0.2, -0.15) is 5.26 Å². The summed E-state index contributed by atoms with van der Waals surface area (Å²) in [6.45, 7) is 4.19. The lowest BCUT2D eigenvalue weighted by molar-refractivity contribution is -0.125. The number of allylic oxidation sites excluding steroid dienone is 1. The molecular weight excluding hydrogens is 518 g/mol. The summed E-state index contributed by atoms with van der Waals surface area (Å²) >= 11 is 6.10. The molecule has 3 N–H and O–H groups in total. The highest BCUT2D eigenvalue weighted by molar-refractivity contribution is 6.30. The van der Waals surface area contributed by atoms with E-state index in [-0.39, 0.29) is 47.5 Å². The molecule has 1 heterocycles. The third-order valence-electron chi connectivity index (χ3n) is 7.71. The molecule has 0 radical (unpaired) electrons. The van der Waals surface area contributed by atoms with Crippen LogP contribution in [0.2, 0.25) is 5.02 Å². The van der Waals surface area contributed by atoms with Crippen molar-refractivity contribution in [3.05, 3.63) is 46.6 Å². The predicted octanol–water partition coefficient (Wildman–Crippen LogP) is 4.58. The van der Waals surface area contributed by atoms with E-state index in [1.807, 2.05) is 44.3 Å². The van der Waals surface area contributed by atoms with Gasteiger partial charge in [-0.15, -0.1) is 0 Å². The molecule has 3 amide bonds. The number of hydrazine groups is 1. The van der Waals surface area contributed by atoms with Crippen molar-refractivity contribution < 1.29 is 19.1 Å². The average molecular weight is 556 g/mol. The lowest BCUT2D eigenvalue weighted by atomic mass is 9.87. The van der Waals surface area contributed by atoms with Gasteiger partial charge in [0.2, 0.25) is 5.91 Å². The van der Waals surface area contributed by atoms with Gasteiger partial charge in [-0.1, -0.05) is 62.9 Å². The normalized spacial score (nSPS) is 20.6. The fourth-order valence-electron chi connectivity index (χ4n) is 5.49. The van der Waals surface area contributed by atoms with Crippen LogP contribution in [0, 0.1) is 28.7 Å². The molecule has 39 heavy (non-hydrogen) atoms. The van der Waals surface area contributed by atoms with E-state index in [0.717, 1.165) is 55.5 Å². The third kappa shape index (κ3) is 8.37. The zero-order valence-corrected chi connectivity index (χ0v) is 23.5. The van der Waals surface area contributed by atoms with E-state index in [1.54, 1.807) is 6.08 Å². The van der Waals surface area contributed by atoms with Crippen LogP contribution in [0.4, 0.5) is 4.79 Å². The Morgan fingerprint density at radius 3 is 2.67 bits per heavy atom. The fourth-order valence-corrected chi connectivity index (χ4v) is 5.70. The van der Waals surface area contributed by atoms with Crippen LogP contribution in [0.1, 0.15) is 70.8 Å². The van der Waals surface area contributed by atoms with Crippen LogP contribution >= 0.6 is 11.6 Å². The van der Waals surface area contributed by atoms with Gasteiger partial charge in [-0.3, -0.25) is 20.3 Å². The second-order valence-electron chi connectivity index (χ2n) is 12.0. The smallest absolute Gasteiger partial charge is 0.411 e. The number of carbonyl (C=O) groups excluding carboxylic acids is 3. The lowest BCUT2D eigenvalue weighted by Crippen LogP contribution is -2.46. The Morgan fingerprint density at radius 2 is 2.03 bits per heavy atom. The summed E-state index contributed by atoms with van der Waals surface area (Å²) in [6, 6.07) is 7.56. The SMILES string of the molecule is CC(C)(COC(=O)N/C(=C/C1CCCCC1)C(=O)NN(C#N)CC1CC2(CC2)NC1=O)Cc1cccc(Cl)c1. The number of ether oxygens (including phenoxy) is 1. The van der Waals surface area contributed by atoms with Gasteiger partial charge in [0, 0.05) is 16.0 Å². The van der Waals surface area contributed by atoms with E-state index in [0.29, 0.717) is 17.9 Å². The van der Waals surface area contributed by atoms with Gasteiger partial charge in [0.1, 0.15) is 5.70 Å². The number of benzene rings is 1. The second kappa shape index (κ2) is 12.3. The second-order valence-corrected chi connectivity index (χ2v) is 12.4. The first kappa shape index (κ1) is 28.8. The number of hydrogen-bond acceptors (Lipinski definition) is 6. The van der Waals surface area contributed by atoms with E-state index in [1.165, 1.54) is 0 Å². The van der Waals surface area contributed by atoms with Gasteiger partial charge >= 0.3 is 6.09 Å². The van der Waals surface area contributed by atoms with E-state index in [2.05, 4.69) is 16.1 Å². The summed E-state index contributed by atoms with van der Waals surface area (Å²) in [7, 11) is 0. The summed E-state index contributed by atoms with van der Waals surface area (Å²) in [6.07, 6.45) is 11.3. The van der Waals surface area contributed by atoms with Gasteiger partial charge in [0.05, 0.1) is 19.1 Å². The first-order chi connectivity index (χ1) is 18.6. The Balaban J connectivity index is 1.36. The van der Waals surface area contributed by atoms with Crippen molar-refractivity contribution in [2.45, 2.75) is 77.2 Å². The molecule has 0 bridgehead atoms. The first-order valence-corrected chi connectivity index (χ1v) is 14.1. The summed E-state index contributed by atoms with van der Waals surface area (Å²) in [5.41, 5.74) is 3.17. The summed E-state index contributed by atoms with van der Waals surface area (Å²) in [4.78, 5) is 38.4. The molecule has 4 rings (SSSR count). The molecule has 1 atom stereocenters. The molecule has 2 saturated carbocycles. The third-order valence-corrected chi connectivity index (χ3v) is 7.94. The van der Waals surface area contributed by atoms with E-state index < -0.39 is 12.0 Å². The number of alkyl carbamates (subject to hydrolysis) is 1. The summed E-state index contributed by atoms with van der Waals surface area (Å²) in [5, 5.41) is 17.0. The molecule has 1 saturated heterocycles. The van der Waals surface area contributed by atoms with Gasteiger partial charge < -0.3 is 10.1 Å². The van der Waals surface area contributed by atoms with E-state index >= 15 is 0 Å². The summed E-state index contributed by atoms with van der Waals surface area (Å²) in [5.74, 6) is -0.943. The number of rotatable bonds is 10. The topological polar surface area (TPSA) is 124 Å². The highest BCUT2D eigenvalue weighted by atomic mass is 35.5. The van der Waals surface area contributed by atoms with Crippen molar-refractivity contribution in [1.82, 2.24) is 21.1 Å². The van der Waals surface area contributed by atoms with Crippen molar-refractivity contribution >= 4 is 29.5 Å². The number of nitrogens with zero attached hydrogens (tertiary/aromatic N) is 2. The number of halogens is 1. The monoisotopic (exact) mass is 555 g/mol. The van der Waals surface area contributed by atoms with Crippen LogP contribution in [0.15, 0.2) is 36.0 Å². The number of carbonyl (C=O) groups is 3. The molecule has 1 aromatic carbocycles. The Labute approximate surface area is 235 Å². The van der Waals surface area contributed by atoms with Crippen LogP contribution < -0.4 is 16.1 Å². The maximum absolute atomic E-state index is 13.2. The largest absolute Gasteiger partial charge is 0.449 e. The summed E-state index contributed by atoms with van der Waals surface area (Å²) < 4.78 is 5.53.